The number of nitrogens with one attached hydrogen (secondary N) is 1. The average Bonchev–Trinajstić information content (AvgIpc) is 3.01. The van der Waals surface area contributed by atoms with E-state index in [-0.39, 0.29) is 17.5 Å². The largest absolute Gasteiger partial charge is 0.497 e. The van der Waals surface area contributed by atoms with Gasteiger partial charge in [-0.05, 0) is 24.3 Å². The Balaban J connectivity index is 2.05. The Morgan fingerprint density at radius 3 is 2.50 bits per heavy atom. The topological polar surface area (TPSA) is 80.8 Å². The van der Waals surface area contributed by atoms with Crippen LogP contribution in [0.5, 0.6) is 5.75 Å². The van der Waals surface area contributed by atoms with Gasteiger partial charge in [0, 0.05) is 18.0 Å². The van der Waals surface area contributed by atoms with Gasteiger partial charge in [0.05, 0.1) is 14.2 Å². The van der Waals surface area contributed by atoms with Crippen LogP contribution in [0.15, 0.2) is 29.6 Å². The Bertz CT molecular complexity index is 669. The van der Waals surface area contributed by atoms with Gasteiger partial charge in [-0.2, -0.15) is 0 Å². The van der Waals surface area contributed by atoms with E-state index in [9.17, 15) is 9.59 Å². The molecular formula is C14H15N3O4S. The molecule has 0 unspecified atom stereocenters. The monoisotopic (exact) mass is 321 g/mol. The highest BCUT2D eigenvalue weighted by atomic mass is 32.1. The number of anilines is 1. The quantitative estimate of drug-likeness (QED) is 0.852. The van der Waals surface area contributed by atoms with Gasteiger partial charge >= 0.3 is 0 Å². The molecule has 0 saturated heterocycles. The number of benzene rings is 1. The third-order valence-corrected chi connectivity index (χ3v) is 3.61. The Labute approximate surface area is 131 Å². The van der Waals surface area contributed by atoms with Crippen molar-refractivity contribution >= 4 is 28.3 Å². The first-order valence-electron chi connectivity index (χ1n) is 6.28. The van der Waals surface area contributed by atoms with E-state index in [0.29, 0.717) is 16.4 Å². The first kappa shape index (κ1) is 15.9. The highest BCUT2D eigenvalue weighted by Crippen LogP contribution is 2.18. The van der Waals surface area contributed by atoms with Gasteiger partial charge in [-0.25, -0.2) is 10.0 Å². The van der Waals surface area contributed by atoms with Crippen molar-refractivity contribution in [2.24, 2.45) is 0 Å². The van der Waals surface area contributed by atoms with Gasteiger partial charge in [0.15, 0.2) is 5.13 Å². The first-order valence-corrected chi connectivity index (χ1v) is 7.16. The number of carbonyl (C=O) groups is 2. The molecule has 0 saturated carbocycles. The molecule has 0 spiro atoms. The molecule has 2 aromatic rings. The summed E-state index contributed by atoms with van der Waals surface area (Å²) in [6.07, 6.45) is 0. The van der Waals surface area contributed by atoms with Crippen LogP contribution >= 0.6 is 11.3 Å². The summed E-state index contributed by atoms with van der Waals surface area (Å²) < 4.78 is 5.03. The van der Waals surface area contributed by atoms with Crippen molar-refractivity contribution in [2.45, 2.75) is 0 Å². The molecule has 2 amide bonds. The smallest absolute Gasteiger partial charge is 0.296 e. The molecule has 0 aliphatic rings. The number of hydrogen-bond donors (Lipinski definition) is 1. The van der Waals surface area contributed by atoms with Gasteiger partial charge in [-0.1, -0.05) is 0 Å². The van der Waals surface area contributed by atoms with E-state index < -0.39 is 0 Å². The average molecular weight is 321 g/mol. The number of ether oxygens (including phenoxy) is 1. The molecule has 7 nitrogen and oxygen atoms in total. The fraction of sp³-hybridized carbons (Fsp3) is 0.214. The van der Waals surface area contributed by atoms with Crippen LogP contribution in [-0.2, 0) is 4.84 Å². The second kappa shape index (κ2) is 7.01. The normalized spacial score (nSPS) is 10.1. The van der Waals surface area contributed by atoms with Gasteiger partial charge in [-0.3, -0.25) is 19.7 Å². The summed E-state index contributed by atoms with van der Waals surface area (Å²) >= 11 is 1.17. The van der Waals surface area contributed by atoms with Crippen LogP contribution in [0.4, 0.5) is 5.13 Å². The number of aromatic nitrogens is 1. The van der Waals surface area contributed by atoms with E-state index >= 15 is 0 Å². The van der Waals surface area contributed by atoms with Crippen LogP contribution in [0.1, 0.15) is 20.8 Å². The number of methoxy groups -OCH3 is 1. The Morgan fingerprint density at radius 2 is 1.91 bits per heavy atom. The standard InChI is InChI=1S/C14H15N3O4S/c1-17(21-3)13(19)11-8-22-14(15-11)16-12(18)9-4-6-10(20-2)7-5-9/h4-8H,1-3H3,(H,15,16,18). The van der Waals surface area contributed by atoms with Crippen LogP contribution in [0.25, 0.3) is 0 Å². The van der Waals surface area contributed by atoms with Crippen molar-refractivity contribution in [2.75, 3.05) is 26.6 Å². The van der Waals surface area contributed by atoms with E-state index in [1.165, 1.54) is 25.5 Å². The second-order valence-corrected chi connectivity index (χ2v) is 5.06. The fourth-order valence-corrected chi connectivity index (χ4v) is 2.26. The number of hydrogen-bond acceptors (Lipinski definition) is 6. The van der Waals surface area contributed by atoms with Gasteiger partial charge < -0.3 is 4.74 Å². The predicted molar refractivity (Wildman–Crippen MR) is 82.2 cm³/mol. The van der Waals surface area contributed by atoms with Crippen molar-refractivity contribution in [3.05, 3.63) is 40.9 Å². The molecule has 1 N–H and O–H groups in total. The van der Waals surface area contributed by atoms with E-state index in [2.05, 4.69) is 10.3 Å². The summed E-state index contributed by atoms with van der Waals surface area (Å²) in [6, 6.07) is 6.68. The number of amides is 2. The molecular weight excluding hydrogens is 306 g/mol. The van der Waals surface area contributed by atoms with Crippen molar-refractivity contribution < 1.29 is 19.2 Å². The van der Waals surface area contributed by atoms with Gasteiger partial charge in [0.25, 0.3) is 11.8 Å². The Morgan fingerprint density at radius 1 is 1.23 bits per heavy atom. The van der Waals surface area contributed by atoms with E-state index in [1.54, 1.807) is 36.8 Å². The van der Waals surface area contributed by atoms with Crippen molar-refractivity contribution in [3.8, 4) is 5.75 Å². The fourth-order valence-electron chi connectivity index (χ4n) is 1.59. The molecule has 22 heavy (non-hydrogen) atoms. The maximum atomic E-state index is 12.1. The maximum Gasteiger partial charge on any atom is 0.296 e. The number of carbonyl (C=O) groups excluding carboxylic acids is 2. The van der Waals surface area contributed by atoms with Crippen LogP contribution < -0.4 is 10.1 Å². The van der Waals surface area contributed by atoms with Crippen molar-refractivity contribution in [1.29, 1.82) is 0 Å². The highest BCUT2D eigenvalue weighted by Gasteiger charge is 2.16. The maximum absolute atomic E-state index is 12.1. The van der Waals surface area contributed by atoms with E-state index in [4.69, 9.17) is 9.57 Å². The third-order valence-electron chi connectivity index (χ3n) is 2.86. The lowest BCUT2D eigenvalue weighted by Gasteiger charge is -2.11. The zero-order valence-corrected chi connectivity index (χ0v) is 13.1. The minimum atomic E-state index is -0.385. The Kier molecular flexibility index (Phi) is 5.08. The second-order valence-electron chi connectivity index (χ2n) is 4.21. The zero-order chi connectivity index (χ0) is 16.1. The molecule has 0 atom stereocenters. The zero-order valence-electron chi connectivity index (χ0n) is 12.3. The molecule has 8 heteroatoms. The van der Waals surface area contributed by atoms with Gasteiger partial charge in [0.2, 0.25) is 0 Å². The minimum absolute atomic E-state index is 0.208. The number of hydroxylamine groups is 2. The SMILES string of the molecule is COc1ccc(C(=O)Nc2nc(C(=O)N(C)OC)cs2)cc1. The number of thiazole rings is 1. The lowest BCUT2D eigenvalue weighted by Crippen LogP contribution is -2.25. The van der Waals surface area contributed by atoms with Crippen LogP contribution in [0, 0.1) is 0 Å². The summed E-state index contributed by atoms with van der Waals surface area (Å²) in [5, 5.41) is 5.60. The molecule has 1 aromatic heterocycles. The van der Waals surface area contributed by atoms with Crippen molar-refractivity contribution in [1.82, 2.24) is 10.0 Å². The summed E-state index contributed by atoms with van der Waals surface area (Å²) in [5.74, 6) is -0.0268. The lowest BCUT2D eigenvalue weighted by atomic mass is 10.2. The predicted octanol–water partition coefficient (Wildman–Crippen LogP) is 2.04. The van der Waals surface area contributed by atoms with Crippen molar-refractivity contribution in [3.63, 3.8) is 0 Å². The molecule has 0 fully saturated rings. The molecule has 0 aliphatic carbocycles. The van der Waals surface area contributed by atoms with Crippen LogP contribution in [0.2, 0.25) is 0 Å². The van der Waals surface area contributed by atoms with Gasteiger partial charge in [0.1, 0.15) is 11.4 Å². The highest BCUT2D eigenvalue weighted by molar-refractivity contribution is 7.14. The molecule has 1 aromatic carbocycles. The van der Waals surface area contributed by atoms with Crippen LogP contribution in [0.3, 0.4) is 0 Å². The lowest BCUT2D eigenvalue weighted by molar-refractivity contribution is -0.0759. The minimum Gasteiger partial charge on any atom is -0.497 e. The third kappa shape index (κ3) is 3.60. The molecule has 0 radical (unpaired) electrons. The molecule has 2 rings (SSSR count). The first-order chi connectivity index (χ1) is 10.5. The van der Waals surface area contributed by atoms with E-state index in [0.717, 1.165) is 5.06 Å². The molecule has 0 bridgehead atoms. The molecule has 116 valence electrons. The Hall–Kier alpha value is -2.45. The summed E-state index contributed by atoms with van der Waals surface area (Å²) in [5.41, 5.74) is 0.678. The summed E-state index contributed by atoms with van der Waals surface area (Å²) in [6.45, 7) is 0. The van der Waals surface area contributed by atoms with E-state index in [1.807, 2.05) is 0 Å². The molecule has 0 aliphatic heterocycles. The number of nitrogens with zero attached hydrogens (tertiary/aromatic N) is 2. The van der Waals surface area contributed by atoms with Gasteiger partial charge in [-0.15, -0.1) is 11.3 Å². The molecule has 1 heterocycles. The van der Waals surface area contributed by atoms with Crippen LogP contribution in [-0.4, -0.2) is 43.1 Å². The number of rotatable bonds is 5. The summed E-state index contributed by atoms with van der Waals surface area (Å²) in [4.78, 5) is 32.8. The summed E-state index contributed by atoms with van der Waals surface area (Å²) in [7, 11) is 4.42.